The zero-order valence-corrected chi connectivity index (χ0v) is 11.0. The van der Waals surface area contributed by atoms with E-state index in [2.05, 4.69) is 10.3 Å². The number of nitrogens with zero attached hydrogens (tertiary/aromatic N) is 2. The van der Waals surface area contributed by atoms with E-state index in [-0.39, 0.29) is 17.5 Å². The molecule has 1 N–H and O–H groups in total. The molecule has 1 atom stereocenters. The van der Waals surface area contributed by atoms with E-state index < -0.39 is 0 Å². The summed E-state index contributed by atoms with van der Waals surface area (Å²) >= 11 is 1.55. The van der Waals surface area contributed by atoms with Crippen LogP contribution in [0.4, 0.5) is 0 Å². The van der Waals surface area contributed by atoms with Gasteiger partial charge in [0.1, 0.15) is 0 Å². The molecule has 2 heterocycles. The second-order valence-electron chi connectivity index (χ2n) is 4.90. The van der Waals surface area contributed by atoms with Gasteiger partial charge in [0.15, 0.2) is 5.16 Å². The number of aryl methyl sites for hydroxylation is 1. The Bertz CT molecular complexity index is 551. The van der Waals surface area contributed by atoms with E-state index in [1.54, 1.807) is 16.3 Å². The van der Waals surface area contributed by atoms with E-state index in [1.165, 1.54) is 6.07 Å². The highest BCUT2D eigenvalue weighted by atomic mass is 32.2. The Morgan fingerprint density at radius 2 is 2.39 bits per heavy atom. The molecule has 6 heteroatoms. The lowest BCUT2D eigenvalue weighted by atomic mass is 10.2. The number of carbonyl (C=O) groups is 1. The molecule has 1 aromatic rings. The minimum Gasteiger partial charge on any atom is -0.353 e. The van der Waals surface area contributed by atoms with Crippen LogP contribution >= 0.6 is 11.8 Å². The first-order valence-electron chi connectivity index (χ1n) is 6.16. The van der Waals surface area contributed by atoms with Crippen LogP contribution in [-0.4, -0.2) is 27.3 Å². The first-order chi connectivity index (χ1) is 8.63. The van der Waals surface area contributed by atoms with Crippen molar-refractivity contribution in [1.82, 2.24) is 14.9 Å². The zero-order chi connectivity index (χ0) is 12.7. The van der Waals surface area contributed by atoms with Crippen molar-refractivity contribution < 1.29 is 4.79 Å². The van der Waals surface area contributed by atoms with Gasteiger partial charge in [0.25, 0.3) is 5.56 Å². The van der Waals surface area contributed by atoms with Gasteiger partial charge in [-0.25, -0.2) is 4.98 Å². The molecule has 0 radical (unpaired) electrons. The van der Waals surface area contributed by atoms with E-state index in [1.807, 2.05) is 6.92 Å². The molecule has 0 aromatic carbocycles. The van der Waals surface area contributed by atoms with Crippen LogP contribution in [0.1, 0.15) is 31.0 Å². The molecule has 0 bridgehead atoms. The molecule has 0 spiro atoms. The molecule has 1 aromatic heterocycles. The van der Waals surface area contributed by atoms with Crippen LogP contribution in [0, 0.1) is 6.92 Å². The van der Waals surface area contributed by atoms with Crippen LogP contribution in [-0.2, 0) is 4.79 Å². The Kier molecular flexibility index (Phi) is 2.89. The molecule has 3 rings (SSSR count). The highest BCUT2D eigenvalue weighted by Crippen LogP contribution is 2.32. The lowest BCUT2D eigenvalue weighted by Crippen LogP contribution is -2.31. The Balaban J connectivity index is 1.77. The van der Waals surface area contributed by atoms with Crippen LogP contribution in [0.25, 0.3) is 0 Å². The average molecular weight is 265 g/mol. The summed E-state index contributed by atoms with van der Waals surface area (Å²) in [4.78, 5) is 28.1. The second kappa shape index (κ2) is 4.42. The third kappa shape index (κ3) is 2.29. The molecular weight excluding hydrogens is 250 g/mol. The van der Waals surface area contributed by atoms with Crippen molar-refractivity contribution in [2.45, 2.75) is 43.4 Å². The van der Waals surface area contributed by atoms with Crippen molar-refractivity contribution in [2.75, 3.05) is 5.75 Å². The van der Waals surface area contributed by atoms with Gasteiger partial charge in [-0.05, 0) is 19.8 Å². The Labute approximate surface area is 109 Å². The molecule has 0 unspecified atom stereocenters. The number of hydrogen-bond acceptors (Lipinski definition) is 4. The van der Waals surface area contributed by atoms with E-state index >= 15 is 0 Å². The Morgan fingerprint density at radius 3 is 3.11 bits per heavy atom. The predicted molar refractivity (Wildman–Crippen MR) is 68.8 cm³/mol. The zero-order valence-electron chi connectivity index (χ0n) is 10.2. The normalized spacial score (nSPS) is 21.7. The number of rotatable bonds is 3. The summed E-state index contributed by atoms with van der Waals surface area (Å²) in [6.07, 6.45) is 2.55. The largest absolute Gasteiger partial charge is 0.353 e. The maximum Gasteiger partial charge on any atom is 0.254 e. The SMILES string of the molecule is Cc1cc(=O)n2c(n1)SC[C@H]2CC(=O)NC1CC1. The molecule has 1 amide bonds. The Morgan fingerprint density at radius 1 is 1.61 bits per heavy atom. The first kappa shape index (κ1) is 11.8. The molecule has 1 fully saturated rings. The molecule has 5 nitrogen and oxygen atoms in total. The summed E-state index contributed by atoms with van der Waals surface area (Å²) in [5.74, 6) is 0.799. The maximum atomic E-state index is 11.9. The molecule has 96 valence electrons. The van der Waals surface area contributed by atoms with Crippen molar-refractivity contribution in [3.05, 3.63) is 22.1 Å². The van der Waals surface area contributed by atoms with Crippen LogP contribution in [0.2, 0.25) is 0 Å². The number of aromatic nitrogens is 2. The Hall–Kier alpha value is -1.30. The summed E-state index contributed by atoms with van der Waals surface area (Å²) in [5.41, 5.74) is 0.688. The highest BCUT2D eigenvalue weighted by molar-refractivity contribution is 7.99. The van der Waals surface area contributed by atoms with Crippen molar-refractivity contribution >= 4 is 17.7 Å². The van der Waals surface area contributed by atoms with Crippen molar-refractivity contribution in [2.24, 2.45) is 0 Å². The molecular formula is C12H15N3O2S. The van der Waals surface area contributed by atoms with Crippen molar-refractivity contribution in [3.63, 3.8) is 0 Å². The van der Waals surface area contributed by atoms with E-state index in [0.717, 1.165) is 29.4 Å². The number of hydrogen-bond donors (Lipinski definition) is 1. The molecule has 1 aliphatic heterocycles. The minimum absolute atomic E-state index is 0.0448. The van der Waals surface area contributed by atoms with Gasteiger partial charge in [0, 0.05) is 30.0 Å². The summed E-state index contributed by atoms with van der Waals surface area (Å²) < 4.78 is 1.66. The summed E-state index contributed by atoms with van der Waals surface area (Å²) in [6.45, 7) is 1.82. The lowest BCUT2D eigenvalue weighted by Gasteiger charge is -2.12. The topological polar surface area (TPSA) is 64.0 Å². The average Bonchev–Trinajstić information content (AvgIpc) is 2.99. The summed E-state index contributed by atoms with van der Waals surface area (Å²) in [6, 6.07) is 1.85. The van der Waals surface area contributed by atoms with E-state index in [4.69, 9.17) is 0 Å². The number of thioether (sulfide) groups is 1. The fraction of sp³-hybridized carbons (Fsp3) is 0.583. The number of carbonyl (C=O) groups excluding carboxylic acids is 1. The first-order valence-corrected chi connectivity index (χ1v) is 7.14. The maximum absolute atomic E-state index is 11.9. The van der Waals surface area contributed by atoms with Gasteiger partial charge in [0.05, 0.1) is 6.04 Å². The molecule has 0 saturated heterocycles. The number of nitrogens with one attached hydrogen (secondary N) is 1. The predicted octanol–water partition coefficient (Wildman–Crippen LogP) is 0.867. The van der Waals surface area contributed by atoms with Gasteiger partial charge in [-0.2, -0.15) is 0 Å². The lowest BCUT2D eigenvalue weighted by molar-refractivity contribution is -0.121. The van der Waals surface area contributed by atoms with Gasteiger partial charge in [-0.3, -0.25) is 14.2 Å². The second-order valence-corrected chi connectivity index (χ2v) is 5.89. The quantitative estimate of drug-likeness (QED) is 0.824. The fourth-order valence-electron chi connectivity index (χ4n) is 2.14. The minimum atomic E-state index is -0.0515. The smallest absolute Gasteiger partial charge is 0.254 e. The van der Waals surface area contributed by atoms with Crippen molar-refractivity contribution in [3.8, 4) is 0 Å². The molecule has 1 aliphatic carbocycles. The molecule has 2 aliphatic rings. The fourth-order valence-corrected chi connectivity index (χ4v) is 3.34. The summed E-state index contributed by atoms with van der Waals surface area (Å²) in [5, 5.41) is 3.70. The van der Waals surface area contributed by atoms with Gasteiger partial charge >= 0.3 is 0 Å². The highest BCUT2D eigenvalue weighted by Gasteiger charge is 2.29. The number of amides is 1. The van der Waals surface area contributed by atoms with Gasteiger partial charge in [0.2, 0.25) is 5.91 Å². The third-order valence-electron chi connectivity index (χ3n) is 3.18. The van der Waals surface area contributed by atoms with Crippen LogP contribution < -0.4 is 10.9 Å². The van der Waals surface area contributed by atoms with Gasteiger partial charge in [-0.15, -0.1) is 0 Å². The van der Waals surface area contributed by atoms with E-state index in [0.29, 0.717) is 12.5 Å². The summed E-state index contributed by atoms with van der Waals surface area (Å²) in [7, 11) is 0. The van der Waals surface area contributed by atoms with Crippen molar-refractivity contribution in [1.29, 1.82) is 0 Å². The number of fused-ring (bicyclic) bond motifs is 1. The third-order valence-corrected chi connectivity index (χ3v) is 4.28. The monoisotopic (exact) mass is 265 g/mol. The molecule has 1 saturated carbocycles. The molecule has 18 heavy (non-hydrogen) atoms. The van der Waals surface area contributed by atoms with Gasteiger partial charge in [-0.1, -0.05) is 11.8 Å². The van der Waals surface area contributed by atoms with Gasteiger partial charge < -0.3 is 5.32 Å². The standard InChI is InChI=1S/C12H15N3O2S/c1-7-4-11(17)15-9(6-18-12(15)13-7)5-10(16)14-8-2-3-8/h4,8-9H,2-3,5-6H2,1H3,(H,14,16)/t9-/m1/s1. The van der Waals surface area contributed by atoms with Crippen LogP contribution in [0.15, 0.2) is 16.0 Å². The van der Waals surface area contributed by atoms with Crippen LogP contribution in [0.5, 0.6) is 0 Å². The van der Waals surface area contributed by atoms with Crippen LogP contribution in [0.3, 0.4) is 0 Å². The van der Waals surface area contributed by atoms with E-state index in [9.17, 15) is 9.59 Å².